The lowest BCUT2D eigenvalue weighted by molar-refractivity contribution is 0.629. The average molecular weight is 193 g/mol. The molecule has 0 spiro atoms. The molecule has 1 atom stereocenters. The number of hydrogen-bond donors (Lipinski definition) is 2. The van der Waals surface area contributed by atoms with Crippen molar-refractivity contribution in [3.63, 3.8) is 0 Å². The fraction of sp³-hybridized carbons (Fsp3) is 0.429. The first-order valence-corrected chi connectivity index (χ1v) is 4.10. The molecular formula is C7H11N7. The average Bonchev–Trinajstić information content (AvgIpc) is 2.55. The summed E-state index contributed by atoms with van der Waals surface area (Å²) in [5.41, 5.74) is 11.8. The maximum atomic E-state index is 5.79. The van der Waals surface area contributed by atoms with Crippen molar-refractivity contribution in [2.75, 3.05) is 0 Å². The van der Waals surface area contributed by atoms with Gasteiger partial charge in [0.05, 0.1) is 5.70 Å². The molecule has 0 aliphatic carbocycles. The smallest absolute Gasteiger partial charge is 0.202 e. The number of aliphatic imine (C=N–C) groups is 1. The van der Waals surface area contributed by atoms with Crippen molar-refractivity contribution < 1.29 is 0 Å². The second-order valence-electron chi connectivity index (χ2n) is 3.41. The standard InChI is InChI=1S/C7H11N7/c1-7(9)3-4(8)5(10-7)6-11-12-13-14(6)2/h3H,8-9H2,1-2H3. The molecule has 1 aromatic heterocycles. The molecule has 1 aliphatic rings. The van der Waals surface area contributed by atoms with Crippen LogP contribution in [0.5, 0.6) is 0 Å². The zero-order valence-corrected chi connectivity index (χ0v) is 7.97. The van der Waals surface area contributed by atoms with Crippen LogP contribution in [0.15, 0.2) is 16.8 Å². The van der Waals surface area contributed by atoms with Gasteiger partial charge in [-0.3, -0.25) is 4.99 Å². The van der Waals surface area contributed by atoms with E-state index in [1.54, 1.807) is 20.0 Å². The summed E-state index contributed by atoms with van der Waals surface area (Å²) in [6.45, 7) is 1.76. The summed E-state index contributed by atoms with van der Waals surface area (Å²) in [4.78, 5) is 4.22. The fourth-order valence-corrected chi connectivity index (χ4v) is 1.33. The summed E-state index contributed by atoms with van der Waals surface area (Å²) in [6.07, 6.45) is 1.68. The van der Waals surface area contributed by atoms with Crippen molar-refractivity contribution in [2.24, 2.45) is 23.5 Å². The van der Waals surface area contributed by atoms with Gasteiger partial charge in [-0.05, 0) is 23.4 Å². The first kappa shape index (κ1) is 8.82. The van der Waals surface area contributed by atoms with Crippen molar-refractivity contribution >= 4 is 5.71 Å². The fourth-order valence-electron chi connectivity index (χ4n) is 1.33. The molecule has 14 heavy (non-hydrogen) atoms. The lowest BCUT2D eigenvalue weighted by atomic mass is 10.2. The Kier molecular flexibility index (Phi) is 1.65. The van der Waals surface area contributed by atoms with Crippen LogP contribution in [0.2, 0.25) is 0 Å². The van der Waals surface area contributed by atoms with E-state index in [2.05, 4.69) is 20.5 Å². The van der Waals surface area contributed by atoms with Gasteiger partial charge in [0.1, 0.15) is 11.4 Å². The molecule has 0 saturated heterocycles. The van der Waals surface area contributed by atoms with Gasteiger partial charge >= 0.3 is 0 Å². The highest BCUT2D eigenvalue weighted by atomic mass is 15.5. The molecule has 0 fully saturated rings. The maximum absolute atomic E-state index is 5.79. The van der Waals surface area contributed by atoms with Gasteiger partial charge in [-0.2, -0.15) is 0 Å². The van der Waals surface area contributed by atoms with E-state index in [9.17, 15) is 0 Å². The summed E-state index contributed by atoms with van der Waals surface area (Å²) < 4.78 is 1.50. The summed E-state index contributed by atoms with van der Waals surface area (Å²) >= 11 is 0. The highest BCUT2D eigenvalue weighted by molar-refractivity contribution is 6.11. The zero-order valence-electron chi connectivity index (χ0n) is 7.97. The van der Waals surface area contributed by atoms with E-state index in [1.165, 1.54) is 4.68 Å². The third-order valence-corrected chi connectivity index (χ3v) is 1.91. The van der Waals surface area contributed by atoms with Crippen LogP contribution < -0.4 is 11.5 Å². The summed E-state index contributed by atoms with van der Waals surface area (Å²) in [7, 11) is 1.72. The highest BCUT2D eigenvalue weighted by Gasteiger charge is 2.27. The molecule has 0 bridgehead atoms. The van der Waals surface area contributed by atoms with Gasteiger partial charge in [0, 0.05) is 7.05 Å². The molecule has 1 aromatic rings. The second-order valence-corrected chi connectivity index (χ2v) is 3.41. The van der Waals surface area contributed by atoms with Crippen molar-refractivity contribution in [1.82, 2.24) is 20.2 Å². The van der Waals surface area contributed by atoms with E-state index in [-0.39, 0.29) is 0 Å². The number of allylic oxidation sites excluding steroid dienone is 1. The van der Waals surface area contributed by atoms with Crippen molar-refractivity contribution in [1.29, 1.82) is 0 Å². The van der Waals surface area contributed by atoms with Crippen LogP contribution in [0.1, 0.15) is 12.7 Å². The van der Waals surface area contributed by atoms with E-state index in [0.717, 1.165) is 0 Å². The van der Waals surface area contributed by atoms with E-state index >= 15 is 0 Å². The Morgan fingerprint density at radius 1 is 1.50 bits per heavy atom. The lowest BCUT2D eigenvalue weighted by Crippen LogP contribution is -2.29. The van der Waals surface area contributed by atoms with Crippen molar-refractivity contribution in [3.8, 4) is 0 Å². The molecule has 0 saturated carbocycles. The quantitative estimate of drug-likeness (QED) is 0.566. The van der Waals surface area contributed by atoms with Crippen molar-refractivity contribution in [2.45, 2.75) is 12.6 Å². The third-order valence-electron chi connectivity index (χ3n) is 1.91. The van der Waals surface area contributed by atoms with Gasteiger partial charge in [-0.25, -0.2) is 4.68 Å². The topological polar surface area (TPSA) is 108 Å². The molecule has 7 heteroatoms. The predicted molar refractivity (Wildman–Crippen MR) is 50.2 cm³/mol. The minimum absolute atomic E-state index is 0.507. The minimum Gasteiger partial charge on any atom is -0.397 e. The van der Waals surface area contributed by atoms with E-state index < -0.39 is 5.66 Å². The number of nitrogens with two attached hydrogens (primary N) is 2. The lowest BCUT2D eigenvalue weighted by Gasteiger charge is -2.08. The van der Waals surface area contributed by atoms with Crippen LogP contribution in [0.25, 0.3) is 0 Å². The molecule has 74 valence electrons. The second kappa shape index (κ2) is 2.61. The molecule has 1 aliphatic heterocycles. The normalized spacial score (nSPS) is 26.2. The molecular weight excluding hydrogens is 182 g/mol. The number of rotatable bonds is 1. The van der Waals surface area contributed by atoms with Gasteiger partial charge in [0.2, 0.25) is 5.82 Å². The molecule has 2 heterocycles. The Bertz CT molecular complexity index is 425. The molecule has 0 radical (unpaired) electrons. The van der Waals surface area contributed by atoms with Crippen LogP contribution in [-0.4, -0.2) is 31.6 Å². The van der Waals surface area contributed by atoms with Gasteiger partial charge < -0.3 is 11.5 Å². The largest absolute Gasteiger partial charge is 0.397 e. The number of hydrogen-bond acceptors (Lipinski definition) is 6. The number of aryl methyl sites for hydroxylation is 1. The Morgan fingerprint density at radius 3 is 2.64 bits per heavy atom. The molecule has 1 unspecified atom stereocenters. The van der Waals surface area contributed by atoms with E-state index in [1.807, 2.05) is 0 Å². The first-order chi connectivity index (χ1) is 6.49. The predicted octanol–water partition coefficient (Wildman–Crippen LogP) is -1.47. The van der Waals surface area contributed by atoms with Crippen LogP contribution >= 0.6 is 0 Å². The zero-order chi connectivity index (χ0) is 10.3. The molecule has 0 amide bonds. The molecule has 0 aromatic carbocycles. The molecule has 7 nitrogen and oxygen atoms in total. The van der Waals surface area contributed by atoms with Crippen LogP contribution in [0, 0.1) is 0 Å². The van der Waals surface area contributed by atoms with Crippen molar-refractivity contribution in [3.05, 3.63) is 17.6 Å². The van der Waals surface area contributed by atoms with Gasteiger partial charge in [0.25, 0.3) is 0 Å². The summed E-state index contributed by atoms with van der Waals surface area (Å²) in [6, 6.07) is 0. The molecule has 4 N–H and O–H groups in total. The Balaban J connectivity index is 2.49. The maximum Gasteiger partial charge on any atom is 0.202 e. The van der Waals surface area contributed by atoms with Crippen LogP contribution in [-0.2, 0) is 7.05 Å². The van der Waals surface area contributed by atoms with Gasteiger partial charge in [0.15, 0.2) is 0 Å². The van der Waals surface area contributed by atoms with Crippen LogP contribution in [0.3, 0.4) is 0 Å². The van der Waals surface area contributed by atoms with E-state index in [0.29, 0.717) is 17.2 Å². The third kappa shape index (κ3) is 1.27. The summed E-state index contributed by atoms with van der Waals surface area (Å²) in [5, 5.41) is 11.0. The number of aromatic nitrogens is 4. The SMILES string of the molecule is Cn1nnnc1C1=NC(C)(N)C=C1N. The Hall–Kier alpha value is -1.76. The van der Waals surface area contributed by atoms with E-state index in [4.69, 9.17) is 11.5 Å². The summed E-state index contributed by atoms with van der Waals surface area (Å²) in [5.74, 6) is 0.521. The van der Waals surface area contributed by atoms with Gasteiger partial charge in [-0.15, -0.1) is 5.10 Å². The minimum atomic E-state index is -0.759. The Labute approximate surface area is 80.5 Å². The number of tetrazole rings is 1. The van der Waals surface area contributed by atoms with Gasteiger partial charge in [-0.1, -0.05) is 0 Å². The molecule has 2 rings (SSSR count). The number of nitrogens with zero attached hydrogens (tertiary/aromatic N) is 5. The first-order valence-electron chi connectivity index (χ1n) is 4.10. The highest BCUT2D eigenvalue weighted by Crippen LogP contribution is 2.18. The monoisotopic (exact) mass is 193 g/mol. The Morgan fingerprint density at radius 2 is 2.21 bits per heavy atom. The van der Waals surface area contributed by atoms with Crippen LogP contribution in [0.4, 0.5) is 0 Å².